The van der Waals surface area contributed by atoms with Crippen LogP contribution in [-0.2, 0) is 17.9 Å². The van der Waals surface area contributed by atoms with Gasteiger partial charge in [-0.25, -0.2) is 4.39 Å². The molecule has 0 saturated carbocycles. The highest BCUT2D eigenvalue weighted by Crippen LogP contribution is 2.05. The first-order valence-electron chi connectivity index (χ1n) is 3.94. The third-order valence-electron chi connectivity index (χ3n) is 1.65. The first-order valence-corrected chi connectivity index (χ1v) is 3.94. The van der Waals surface area contributed by atoms with Crippen molar-refractivity contribution in [2.45, 2.75) is 19.5 Å². The van der Waals surface area contributed by atoms with E-state index in [0.717, 1.165) is 5.56 Å². The number of nitrogens with zero attached hydrogens (tertiary/aromatic N) is 1. The number of aromatic nitrogens is 1. The van der Waals surface area contributed by atoms with Crippen LogP contribution in [0, 0.1) is 0 Å². The normalized spacial score (nSPS) is 9.92. The van der Waals surface area contributed by atoms with Crippen molar-refractivity contribution in [3.63, 3.8) is 0 Å². The summed E-state index contributed by atoms with van der Waals surface area (Å²) in [6.45, 7) is -0.610. The lowest BCUT2D eigenvalue weighted by atomic mass is 10.1. The Kier molecular flexibility index (Phi) is 3.37. The molecule has 0 atom stereocenters. The second kappa shape index (κ2) is 4.54. The number of rotatable bonds is 4. The number of hydrogen-bond donors (Lipinski definition) is 1. The molecule has 0 spiro atoms. The number of aliphatic carboxylic acids is 1. The summed E-state index contributed by atoms with van der Waals surface area (Å²) in [6.07, 6.45) is 1.98. The summed E-state index contributed by atoms with van der Waals surface area (Å²) in [4.78, 5) is 14.0. The molecule has 0 aromatic carbocycles. The zero-order chi connectivity index (χ0) is 9.68. The van der Waals surface area contributed by atoms with Gasteiger partial charge in [-0.3, -0.25) is 9.78 Å². The summed E-state index contributed by atoms with van der Waals surface area (Å²) >= 11 is 0. The van der Waals surface area contributed by atoms with Gasteiger partial charge in [-0.2, -0.15) is 0 Å². The van der Waals surface area contributed by atoms with Crippen LogP contribution >= 0.6 is 0 Å². The predicted octanol–water partition coefficient (Wildman–Crippen LogP) is 1.57. The van der Waals surface area contributed by atoms with Gasteiger partial charge in [0.15, 0.2) is 0 Å². The molecule has 1 rings (SSSR count). The van der Waals surface area contributed by atoms with E-state index in [0.29, 0.717) is 12.1 Å². The molecule has 1 aromatic rings. The molecule has 0 fully saturated rings. The molecule has 0 aliphatic heterocycles. The van der Waals surface area contributed by atoms with Crippen molar-refractivity contribution < 1.29 is 14.3 Å². The first kappa shape index (κ1) is 9.64. The van der Waals surface area contributed by atoms with Crippen molar-refractivity contribution in [3.05, 3.63) is 29.6 Å². The van der Waals surface area contributed by atoms with Crippen LogP contribution in [0.2, 0.25) is 0 Å². The molecule has 3 nitrogen and oxygen atoms in total. The fourth-order valence-corrected chi connectivity index (χ4v) is 1.01. The number of aryl methyl sites for hydroxylation is 1. The monoisotopic (exact) mass is 183 g/mol. The maximum Gasteiger partial charge on any atom is 0.303 e. The summed E-state index contributed by atoms with van der Waals surface area (Å²) in [5.41, 5.74) is 1.16. The number of pyridine rings is 1. The van der Waals surface area contributed by atoms with E-state index < -0.39 is 12.6 Å². The molecular weight excluding hydrogens is 173 g/mol. The highest BCUT2D eigenvalue weighted by Gasteiger charge is 2.00. The lowest BCUT2D eigenvalue weighted by molar-refractivity contribution is -0.136. The van der Waals surface area contributed by atoms with Crippen LogP contribution in [0.1, 0.15) is 17.7 Å². The number of carbonyl (C=O) groups is 1. The van der Waals surface area contributed by atoms with Gasteiger partial charge in [-0.1, -0.05) is 0 Å². The number of halogens is 1. The van der Waals surface area contributed by atoms with Crippen molar-refractivity contribution >= 4 is 5.97 Å². The minimum Gasteiger partial charge on any atom is -0.481 e. The van der Waals surface area contributed by atoms with Crippen LogP contribution in [0.25, 0.3) is 0 Å². The minimum absolute atomic E-state index is 0.0652. The number of carboxylic acids is 1. The van der Waals surface area contributed by atoms with E-state index in [2.05, 4.69) is 4.98 Å². The van der Waals surface area contributed by atoms with Crippen LogP contribution in [0.15, 0.2) is 18.3 Å². The molecule has 0 aliphatic carbocycles. The fraction of sp³-hybridized carbons (Fsp3) is 0.333. The van der Waals surface area contributed by atoms with Crippen molar-refractivity contribution in [3.8, 4) is 0 Å². The van der Waals surface area contributed by atoms with Gasteiger partial charge in [0.05, 0.1) is 5.69 Å². The Labute approximate surface area is 75.2 Å². The number of alkyl halides is 1. The van der Waals surface area contributed by atoms with Gasteiger partial charge >= 0.3 is 5.97 Å². The molecule has 1 N–H and O–H groups in total. The Hall–Kier alpha value is -1.45. The van der Waals surface area contributed by atoms with Crippen LogP contribution in [0.4, 0.5) is 4.39 Å². The summed E-state index contributed by atoms with van der Waals surface area (Å²) in [7, 11) is 0. The van der Waals surface area contributed by atoms with Crippen LogP contribution < -0.4 is 0 Å². The third kappa shape index (κ3) is 3.19. The van der Waals surface area contributed by atoms with E-state index in [4.69, 9.17) is 5.11 Å². The quantitative estimate of drug-likeness (QED) is 0.770. The fourth-order valence-electron chi connectivity index (χ4n) is 1.01. The average Bonchev–Trinajstić information content (AvgIpc) is 2.15. The van der Waals surface area contributed by atoms with Gasteiger partial charge in [0.25, 0.3) is 0 Å². The molecule has 13 heavy (non-hydrogen) atoms. The van der Waals surface area contributed by atoms with E-state index in [1.54, 1.807) is 12.1 Å². The van der Waals surface area contributed by atoms with Crippen LogP contribution in [0.3, 0.4) is 0 Å². The molecular formula is C9H10FNO2. The molecule has 0 radical (unpaired) electrons. The number of hydrogen-bond acceptors (Lipinski definition) is 2. The highest BCUT2D eigenvalue weighted by atomic mass is 19.1. The summed E-state index contributed by atoms with van der Waals surface area (Å²) in [5, 5.41) is 8.41. The second-order valence-corrected chi connectivity index (χ2v) is 2.68. The van der Waals surface area contributed by atoms with Gasteiger partial charge in [0, 0.05) is 12.6 Å². The summed E-state index contributed by atoms with van der Waals surface area (Å²) < 4.78 is 12.1. The highest BCUT2D eigenvalue weighted by molar-refractivity contribution is 5.67. The van der Waals surface area contributed by atoms with Crippen molar-refractivity contribution in [2.75, 3.05) is 0 Å². The predicted molar refractivity (Wildman–Crippen MR) is 45.0 cm³/mol. The Balaban J connectivity index is 2.61. The Morgan fingerprint density at radius 1 is 1.62 bits per heavy atom. The zero-order valence-electron chi connectivity index (χ0n) is 7.03. The molecule has 1 heterocycles. The topological polar surface area (TPSA) is 50.2 Å². The maximum absolute atomic E-state index is 12.1. The van der Waals surface area contributed by atoms with Crippen molar-refractivity contribution in [1.29, 1.82) is 0 Å². The molecule has 0 saturated heterocycles. The Morgan fingerprint density at radius 3 is 3.00 bits per heavy atom. The molecule has 4 heteroatoms. The molecule has 0 aliphatic rings. The minimum atomic E-state index is -0.849. The van der Waals surface area contributed by atoms with Crippen molar-refractivity contribution in [2.24, 2.45) is 0 Å². The molecule has 0 bridgehead atoms. The Morgan fingerprint density at radius 2 is 2.38 bits per heavy atom. The summed E-state index contributed by atoms with van der Waals surface area (Å²) in [5.74, 6) is -0.849. The van der Waals surface area contributed by atoms with E-state index >= 15 is 0 Å². The van der Waals surface area contributed by atoms with Crippen molar-refractivity contribution in [1.82, 2.24) is 4.98 Å². The molecule has 0 unspecified atom stereocenters. The summed E-state index contributed by atoms with van der Waals surface area (Å²) in [6, 6.07) is 3.28. The lowest BCUT2D eigenvalue weighted by Gasteiger charge is -1.99. The molecule has 70 valence electrons. The maximum atomic E-state index is 12.1. The Bertz CT molecular complexity index is 301. The van der Waals surface area contributed by atoms with Crippen LogP contribution in [0.5, 0.6) is 0 Å². The van der Waals surface area contributed by atoms with E-state index in [-0.39, 0.29) is 6.42 Å². The third-order valence-corrected chi connectivity index (χ3v) is 1.65. The van der Waals surface area contributed by atoms with Gasteiger partial charge in [0.1, 0.15) is 6.67 Å². The molecule has 1 aromatic heterocycles. The van der Waals surface area contributed by atoms with Gasteiger partial charge < -0.3 is 5.11 Å². The van der Waals surface area contributed by atoms with E-state index in [1.165, 1.54) is 6.20 Å². The molecule has 0 amide bonds. The SMILES string of the molecule is O=C(O)CCc1ccnc(CF)c1. The van der Waals surface area contributed by atoms with E-state index in [1.807, 2.05) is 0 Å². The van der Waals surface area contributed by atoms with Gasteiger partial charge in [0.2, 0.25) is 0 Å². The smallest absolute Gasteiger partial charge is 0.303 e. The zero-order valence-corrected chi connectivity index (χ0v) is 7.03. The lowest BCUT2D eigenvalue weighted by Crippen LogP contribution is -1.98. The largest absolute Gasteiger partial charge is 0.481 e. The number of carboxylic acid groups (broad SMARTS) is 1. The van der Waals surface area contributed by atoms with Crippen LogP contribution in [-0.4, -0.2) is 16.1 Å². The average molecular weight is 183 g/mol. The standard InChI is InChI=1S/C9H10FNO2/c10-6-8-5-7(3-4-11-8)1-2-9(12)13/h3-5H,1-2,6H2,(H,12,13). The van der Waals surface area contributed by atoms with Gasteiger partial charge in [-0.05, 0) is 24.1 Å². The van der Waals surface area contributed by atoms with E-state index in [9.17, 15) is 9.18 Å². The first-order chi connectivity index (χ1) is 6.22. The van der Waals surface area contributed by atoms with Gasteiger partial charge in [-0.15, -0.1) is 0 Å². The second-order valence-electron chi connectivity index (χ2n) is 2.68.